The summed E-state index contributed by atoms with van der Waals surface area (Å²) in [6.45, 7) is 3.57. The summed E-state index contributed by atoms with van der Waals surface area (Å²) in [5.41, 5.74) is 0.522. The largest absolute Gasteiger partial charge is 0.378 e. The molecule has 6 nitrogen and oxygen atoms in total. The van der Waals surface area contributed by atoms with Crippen LogP contribution in [0, 0.1) is 11.3 Å². The van der Waals surface area contributed by atoms with Gasteiger partial charge in [-0.25, -0.2) is 0 Å². The van der Waals surface area contributed by atoms with Crippen molar-refractivity contribution in [2.24, 2.45) is 0 Å². The van der Waals surface area contributed by atoms with E-state index in [0.717, 1.165) is 45.5 Å². The Balaban J connectivity index is 1.62. The number of nitrogens with zero attached hydrogens (tertiary/aromatic N) is 3. The standard InChI is InChI=1S/C13H19N5O/c14-10-11-2-8-17-18-13(11)16-5-1-9-19-12-3-6-15-7-4-12/h2,8,12,15H,1,3-7,9H2,(H,16,18). The zero-order valence-corrected chi connectivity index (χ0v) is 10.9. The molecule has 19 heavy (non-hydrogen) atoms. The van der Waals surface area contributed by atoms with Crippen LogP contribution < -0.4 is 10.6 Å². The van der Waals surface area contributed by atoms with Crippen LogP contribution in [0.1, 0.15) is 24.8 Å². The van der Waals surface area contributed by atoms with Crippen molar-refractivity contribution in [3.63, 3.8) is 0 Å². The van der Waals surface area contributed by atoms with E-state index in [1.807, 2.05) is 0 Å². The Labute approximate surface area is 113 Å². The smallest absolute Gasteiger partial charge is 0.166 e. The molecule has 2 rings (SSSR count). The molecular formula is C13H19N5O. The highest BCUT2D eigenvalue weighted by molar-refractivity contribution is 5.49. The molecule has 2 heterocycles. The Hall–Kier alpha value is -1.71. The van der Waals surface area contributed by atoms with Crippen LogP contribution in [0.2, 0.25) is 0 Å². The highest BCUT2D eigenvalue weighted by Gasteiger charge is 2.12. The minimum absolute atomic E-state index is 0.396. The third kappa shape index (κ3) is 4.47. The maximum atomic E-state index is 8.90. The highest BCUT2D eigenvalue weighted by Crippen LogP contribution is 2.09. The second-order valence-electron chi connectivity index (χ2n) is 4.51. The fourth-order valence-corrected chi connectivity index (χ4v) is 2.04. The van der Waals surface area contributed by atoms with Crippen molar-refractivity contribution in [1.82, 2.24) is 15.5 Å². The Kier molecular flexibility index (Phi) is 5.53. The zero-order valence-electron chi connectivity index (χ0n) is 10.9. The van der Waals surface area contributed by atoms with Crippen molar-refractivity contribution in [1.29, 1.82) is 5.26 Å². The van der Waals surface area contributed by atoms with E-state index in [1.165, 1.54) is 6.20 Å². The molecule has 102 valence electrons. The quantitative estimate of drug-likeness (QED) is 0.741. The van der Waals surface area contributed by atoms with Crippen LogP contribution in [-0.2, 0) is 4.74 Å². The van der Waals surface area contributed by atoms with Gasteiger partial charge in [0.25, 0.3) is 0 Å². The average molecular weight is 261 g/mol. The first-order valence-electron chi connectivity index (χ1n) is 6.68. The third-order valence-corrected chi connectivity index (χ3v) is 3.09. The van der Waals surface area contributed by atoms with Gasteiger partial charge in [-0.2, -0.15) is 10.4 Å². The lowest BCUT2D eigenvalue weighted by Gasteiger charge is -2.22. The van der Waals surface area contributed by atoms with Gasteiger partial charge in [-0.1, -0.05) is 0 Å². The molecule has 0 saturated carbocycles. The van der Waals surface area contributed by atoms with Crippen LogP contribution in [-0.4, -0.2) is 42.5 Å². The molecule has 1 aromatic heterocycles. The number of aromatic nitrogens is 2. The highest BCUT2D eigenvalue weighted by atomic mass is 16.5. The van der Waals surface area contributed by atoms with Crippen molar-refractivity contribution in [2.45, 2.75) is 25.4 Å². The van der Waals surface area contributed by atoms with Gasteiger partial charge in [0.15, 0.2) is 5.82 Å². The molecule has 0 bridgehead atoms. The fraction of sp³-hybridized carbons (Fsp3) is 0.615. The number of hydrogen-bond donors (Lipinski definition) is 2. The number of hydrogen-bond acceptors (Lipinski definition) is 6. The third-order valence-electron chi connectivity index (χ3n) is 3.09. The lowest BCUT2D eigenvalue weighted by atomic mass is 10.1. The van der Waals surface area contributed by atoms with Crippen LogP contribution in [0.25, 0.3) is 0 Å². The lowest BCUT2D eigenvalue weighted by Crippen LogP contribution is -2.32. The Morgan fingerprint density at radius 3 is 3.11 bits per heavy atom. The minimum Gasteiger partial charge on any atom is -0.378 e. The second-order valence-corrected chi connectivity index (χ2v) is 4.51. The number of ether oxygens (including phenoxy) is 1. The van der Waals surface area contributed by atoms with E-state index in [4.69, 9.17) is 10.00 Å². The topological polar surface area (TPSA) is 82.9 Å². The molecule has 1 aromatic rings. The molecule has 1 aliphatic heterocycles. The molecular weight excluding hydrogens is 242 g/mol. The molecule has 0 unspecified atom stereocenters. The maximum absolute atomic E-state index is 8.90. The van der Waals surface area contributed by atoms with Crippen LogP contribution in [0.5, 0.6) is 0 Å². The lowest BCUT2D eigenvalue weighted by molar-refractivity contribution is 0.0329. The predicted molar refractivity (Wildman–Crippen MR) is 71.7 cm³/mol. The first-order chi connectivity index (χ1) is 9.40. The van der Waals surface area contributed by atoms with Crippen LogP contribution >= 0.6 is 0 Å². The maximum Gasteiger partial charge on any atom is 0.166 e. The van der Waals surface area contributed by atoms with E-state index in [9.17, 15) is 0 Å². The van der Waals surface area contributed by atoms with Crippen LogP contribution in [0.15, 0.2) is 12.3 Å². The molecule has 0 spiro atoms. The molecule has 1 fully saturated rings. The van der Waals surface area contributed by atoms with Gasteiger partial charge in [-0.15, -0.1) is 5.10 Å². The molecule has 0 aliphatic carbocycles. The van der Waals surface area contributed by atoms with E-state index in [1.54, 1.807) is 6.07 Å². The Morgan fingerprint density at radius 1 is 1.47 bits per heavy atom. The predicted octanol–water partition coefficient (Wildman–Crippen LogP) is 0.919. The Morgan fingerprint density at radius 2 is 2.32 bits per heavy atom. The van der Waals surface area contributed by atoms with Crippen LogP contribution in [0.4, 0.5) is 5.82 Å². The van der Waals surface area contributed by atoms with Gasteiger partial charge in [-0.3, -0.25) is 0 Å². The monoisotopic (exact) mass is 261 g/mol. The number of rotatable bonds is 6. The van der Waals surface area contributed by atoms with Crippen molar-refractivity contribution < 1.29 is 4.74 Å². The number of nitrogens with one attached hydrogen (secondary N) is 2. The first kappa shape index (κ1) is 13.7. The summed E-state index contributed by atoms with van der Waals surface area (Å²) in [6.07, 6.45) is 4.99. The van der Waals surface area contributed by atoms with Crippen molar-refractivity contribution in [2.75, 3.05) is 31.6 Å². The molecule has 0 radical (unpaired) electrons. The molecule has 1 aliphatic rings. The minimum atomic E-state index is 0.396. The normalized spacial score (nSPS) is 15.9. The number of piperidine rings is 1. The summed E-state index contributed by atoms with van der Waals surface area (Å²) < 4.78 is 5.80. The van der Waals surface area contributed by atoms with Gasteiger partial charge in [0.05, 0.1) is 17.9 Å². The summed E-state index contributed by atoms with van der Waals surface area (Å²) in [5.74, 6) is 0.548. The van der Waals surface area contributed by atoms with Gasteiger partial charge < -0.3 is 15.4 Å². The molecule has 0 atom stereocenters. The number of anilines is 1. The van der Waals surface area contributed by atoms with E-state index in [-0.39, 0.29) is 0 Å². The van der Waals surface area contributed by atoms with E-state index in [2.05, 4.69) is 26.9 Å². The van der Waals surface area contributed by atoms with Crippen LogP contribution in [0.3, 0.4) is 0 Å². The summed E-state index contributed by atoms with van der Waals surface area (Å²) in [7, 11) is 0. The van der Waals surface area contributed by atoms with E-state index in [0.29, 0.717) is 17.5 Å². The summed E-state index contributed by atoms with van der Waals surface area (Å²) in [6, 6.07) is 3.74. The molecule has 2 N–H and O–H groups in total. The van der Waals surface area contributed by atoms with Crippen molar-refractivity contribution in [3.8, 4) is 6.07 Å². The van der Waals surface area contributed by atoms with Crippen molar-refractivity contribution >= 4 is 5.82 Å². The fourth-order valence-electron chi connectivity index (χ4n) is 2.04. The number of nitriles is 1. The van der Waals surface area contributed by atoms with Gasteiger partial charge in [0, 0.05) is 13.2 Å². The molecule has 6 heteroatoms. The molecule has 0 aromatic carbocycles. The zero-order chi connectivity index (χ0) is 13.3. The van der Waals surface area contributed by atoms with E-state index >= 15 is 0 Å². The molecule has 0 amide bonds. The van der Waals surface area contributed by atoms with Gasteiger partial charge in [0.2, 0.25) is 0 Å². The Bertz CT molecular complexity index is 425. The summed E-state index contributed by atoms with van der Waals surface area (Å²) in [4.78, 5) is 0. The van der Waals surface area contributed by atoms with Gasteiger partial charge >= 0.3 is 0 Å². The molecule has 1 saturated heterocycles. The average Bonchev–Trinajstić information content (AvgIpc) is 2.48. The second kappa shape index (κ2) is 7.67. The summed E-state index contributed by atoms with van der Waals surface area (Å²) in [5, 5.41) is 23.0. The van der Waals surface area contributed by atoms with E-state index < -0.39 is 0 Å². The van der Waals surface area contributed by atoms with Gasteiger partial charge in [-0.05, 0) is 38.4 Å². The first-order valence-corrected chi connectivity index (χ1v) is 6.68. The van der Waals surface area contributed by atoms with Gasteiger partial charge in [0.1, 0.15) is 6.07 Å². The summed E-state index contributed by atoms with van der Waals surface area (Å²) >= 11 is 0. The van der Waals surface area contributed by atoms with Crippen molar-refractivity contribution in [3.05, 3.63) is 17.8 Å². The SMILES string of the molecule is N#Cc1ccnnc1NCCCOC1CCNCC1.